The van der Waals surface area contributed by atoms with Crippen LogP contribution in [0.2, 0.25) is 0 Å². The third-order valence-electron chi connectivity index (χ3n) is 3.85. The summed E-state index contributed by atoms with van der Waals surface area (Å²) in [4.78, 5) is 4.22. The molecule has 6 nitrogen and oxygen atoms in total. The average Bonchev–Trinajstić information content (AvgIpc) is 2.70. The number of para-hydroxylation sites is 2. The van der Waals surface area contributed by atoms with E-state index < -0.39 is 0 Å². The highest BCUT2D eigenvalue weighted by atomic mass is 16.5. The Balaban J connectivity index is 1.70. The molecule has 0 unspecified atom stereocenters. The van der Waals surface area contributed by atoms with Crippen molar-refractivity contribution in [3.8, 4) is 11.5 Å². The molecule has 0 radical (unpaired) electrons. The fourth-order valence-electron chi connectivity index (χ4n) is 2.49. The van der Waals surface area contributed by atoms with Gasteiger partial charge in [0.2, 0.25) is 0 Å². The second-order valence-corrected chi connectivity index (χ2v) is 5.53. The first-order valence-electron chi connectivity index (χ1n) is 8.54. The number of nitrogens with one attached hydrogen (secondary N) is 2. The number of hydrogen-bond acceptors (Lipinski definition) is 4. The van der Waals surface area contributed by atoms with E-state index in [-0.39, 0.29) is 0 Å². The maximum atomic E-state index is 5.71. The number of ether oxygens (including phenoxy) is 3. The Morgan fingerprint density at radius 3 is 2.15 bits per heavy atom. The maximum Gasteiger partial charge on any atom is 0.191 e. The predicted molar refractivity (Wildman–Crippen MR) is 104 cm³/mol. The van der Waals surface area contributed by atoms with Crippen molar-refractivity contribution in [1.29, 1.82) is 0 Å². The van der Waals surface area contributed by atoms with E-state index in [0.717, 1.165) is 28.6 Å². The first-order valence-corrected chi connectivity index (χ1v) is 8.54. The quantitative estimate of drug-likeness (QED) is 0.410. The van der Waals surface area contributed by atoms with Gasteiger partial charge in [-0.25, -0.2) is 0 Å². The molecule has 6 heteroatoms. The van der Waals surface area contributed by atoms with E-state index >= 15 is 0 Å². The SMILES string of the molecule is CN=C(NCCOCc1ccccc1OC)NCc1ccccc1OC. The molecule has 0 fully saturated rings. The minimum Gasteiger partial charge on any atom is -0.496 e. The van der Waals surface area contributed by atoms with Crippen molar-refractivity contribution in [2.45, 2.75) is 13.2 Å². The van der Waals surface area contributed by atoms with Crippen LogP contribution in [0.5, 0.6) is 11.5 Å². The van der Waals surface area contributed by atoms with Gasteiger partial charge < -0.3 is 24.8 Å². The summed E-state index contributed by atoms with van der Waals surface area (Å²) in [5.74, 6) is 2.42. The van der Waals surface area contributed by atoms with Gasteiger partial charge in [0.05, 0.1) is 27.4 Å². The summed E-state index contributed by atoms with van der Waals surface area (Å²) >= 11 is 0. The van der Waals surface area contributed by atoms with Crippen molar-refractivity contribution in [3.05, 3.63) is 59.7 Å². The van der Waals surface area contributed by atoms with Crippen LogP contribution in [0.25, 0.3) is 0 Å². The van der Waals surface area contributed by atoms with Gasteiger partial charge in [0.25, 0.3) is 0 Å². The van der Waals surface area contributed by atoms with E-state index in [2.05, 4.69) is 15.6 Å². The van der Waals surface area contributed by atoms with Crippen LogP contribution in [0.1, 0.15) is 11.1 Å². The van der Waals surface area contributed by atoms with E-state index in [1.54, 1.807) is 21.3 Å². The van der Waals surface area contributed by atoms with Crippen LogP contribution in [0.15, 0.2) is 53.5 Å². The minimum atomic E-state index is 0.513. The summed E-state index contributed by atoms with van der Waals surface area (Å²) in [5, 5.41) is 6.50. The van der Waals surface area contributed by atoms with Gasteiger partial charge in [-0.2, -0.15) is 0 Å². The molecule has 0 aliphatic rings. The Morgan fingerprint density at radius 2 is 1.50 bits per heavy atom. The third-order valence-corrected chi connectivity index (χ3v) is 3.85. The number of rotatable bonds is 9. The van der Waals surface area contributed by atoms with Crippen LogP contribution < -0.4 is 20.1 Å². The van der Waals surface area contributed by atoms with Crippen molar-refractivity contribution in [2.24, 2.45) is 4.99 Å². The number of hydrogen-bond donors (Lipinski definition) is 2. The summed E-state index contributed by atoms with van der Waals surface area (Å²) in [6.45, 7) is 2.36. The Kier molecular flexibility index (Phi) is 8.29. The first-order chi connectivity index (χ1) is 12.8. The van der Waals surface area contributed by atoms with Gasteiger partial charge in [-0.1, -0.05) is 36.4 Å². The van der Waals surface area contributed by atoms with Crippen LogP contribution in [0.3, 0.4) is 0 Å². The highest BCUT2D eigenvalue weighted by molar-refractivity contribution is 5.79. The highest BCUT2D eigenvalue weighted by Crippen LogP contribution is 2.18. The molecule has 0 aliphatic carbocycles. The Labute approximate surface area is 155 Å². The molecule has 0 bridgehead atoms. The second kappa shape index (κ2) is 11.0. The molecule has 0 saturated heterocycles. The number of guanidine groups is 1. The van der Waals surface area contributed by atoms with Gasteiger partial charge in [-0.05, 0) is 12.1 Å². The number of methoxy groups -OCH3 is 2. The molecule has 0 aliphatic heterocycles. The van der Waals surface area contributed by atoms with E-state index in [0.29, 0.717) is 26.3 Å². The molecule has 2 N–H and O–H groups in total. The average molecular weight is 357 g/mol. The summed E-state index contributed by atoms with van der Waals surface area (Å²) in [6.07, 6.45) is 0. The third kappa shape index (κ3) is 5.97. The van der Waals surface area contributed by atoms with E-state index in [1.165, 1.54) is 0 Å². The fourth-order valence-corrected chi connectivity index (χ4v) is 2.49. The lowest BCUT2D eigenvalue weighted by Crippen LogP contribution is -2.38. The Hall–Kier alpha value is -2.73. The molecule has 0 aromatic heterocycles. The van der Waals surface area contributed by atoms with Gasteiger partial charge in [-0.15, -0.1) is 0 Å². The number of nitrogens with zero attached hydrogens (tertiary/aromatic N) is 1. The summed E-state index contributed by atoms with van der Waals surface area (Å²) in [6, 6.07) is 15.8. The smallest absolute Gasteiger partial charge is 0.191 e. The monoisotopic (exact) mass is 357 g/mol. The molecule has 0 saturated carbocycles. The van der Waals surface area contributed by atoms with E-state index in [9.17, 15) is 0 Å². The molecule has 26 heavy (non-hydrogen) atoms. The summed E-state index contributed by atoms with van der Waals surface area (Å²) in [5.41, 5.74) is 2.11. The largest absolute Gasteiger partial charge is 0.496 e. The molecule has 140 valence electrons. The Morgan fingerprint density at radius 1 is 0.885 bits per heavy atom. The molecule has 2 aromatic carbocycles. The molecular weight excluding hydrogens is 330 g/mol. The van der Waals surface area contributed by atoms with Gasteiger partial charge in [-0.3, -0.25) is 4.99 Å². The second-order valence-electron chi connectivity index (χ2n) is 5.53. The fraction of sp³-hybridized carbons (Fsp3) is 0.350. The van der Waals surface area contributed by atoms with Crippen LogP contribution in [0.4, 0.5) is 0 Å². The van der Waals surface area contributed by atoms with Gasteiger partial charge >= 0.3 is 0 Å². The number of benzene rings is 2. The standard InChI is InChI=1S/C20H27N3O3/c1-21-20(23-14-16-8-4-6-10-18(16)24-2)22-12-13-26-15-17-9-5-7-11-19(17)25-3/h4-11H,12-15H2,1-3H3,(H2,21,22,23). The number of aliphatic imine (C=N–C) groups is 1. The van der Waals surface area contributed by atoms with Crippen LogP contribution >= 0.6 is 0 Å². The molecule has 0 spiro atoms. The summed E-state index contributed by atoms with van der Waals surface area (Å²) in [7, 11) is 5.08. The lowest BCUT2D eigenvalue weighted by atomic mass is 10.2. The van der Waals surface area contributed by atoms with Crippen LogP contribution in [-0.2, 0) is 17.9 Å². The highest BCUT2D eigenvalue weighted by Gasteiger charge is 2.04. The zero-order valence-electron chi connectivity index (χ0n) is 15.6. The lowest BCUT2D eigenvalue weighted by Gasteiger charge is -2.14. The van der Waals surface area contributed by atoms with Crippen LogP contribution in [0, 0.1) is 0 Å². The van der Waals surface area contributed by atoms with Crippen molar-refractivity contribution in [3.63, 3.8) is 0 Å². The molecule has 0 atom stereocenters. The molecular formula is C20H27N3O3. The van der Waals surface area contributed by atoms with E-state index in [4.69, 9.17) is 14.2 Å². The molecule has 2 rings (SSSR count). The van der Waals surface area contributed by atoms with Crippen molar-refractivity contribution < 1.29 is 14.2 Å². The van der Waals surface area contributed by atoms with Gasteiger partial charge in [0.1, 0.15) is 11.5 Å². The maximum absolute atomic E-state index is 5.71. The molecule has 0 heterocycles. The van der Waals surface area contributed by atoms with Crippen molar-refractivity contribution >= 4 is 5.96 Å². The van der Waals surface area contributed by atoms with Crippen molar-refractivity contribution in [1.82, 2.24) is 10.6 Å². The summed E-state index contributed by atoms with van der Waals surface area (Å²) < 4.78 is 16.4. The van der Waals surface area contributed by atoms with E-state index in [1.807, 2.05) is 48.5 Å². The Bertz CT molecular complexity index is 704. The van der Waals surface area contributed by atoms with Gasteiger partial charge in [0.15, 0.2) is 5.96 Å². The molecule has 0 amide bonds. The lowest BCUT2D eigenvalue weighted by molar-refractivity contribution is 0.123. The van der Waals surface area contributed by atoms with Gasteiger partial charge in [0, 0.05) is 31.3 Å². The zero-order valence-corrected chi connectivity index (χ0v) is 15.6. The predicted octanol–water partition coefficient (Wildman–Crippen LogP) is 2.59. The minimum absolute atomic E-state index is 0.513. The molecule has 2 aromatic rings. The van der Waals surface area contributed by atoms with Crippen molar-refractivity contribution in [2.75, 3.05) is 34.4 Å². The zero-order chi connectivity index (χ0) is 18.6. The first kappa shape index (κ1) is 19.6. The topological polar surface area (TPSA) is 64.1 Å². The normalized spacial score (nSPS) is 11.1. The van der Waals surface area contributed by atoms with Crippen LogP contribution in [-0.4, -0.2) is 40.4 Å².